The van der Waals surface area contributed by atoms with E-state index in [0.29, 0.717) is 11.4 Å². The fourth-order valence-electron chi connectivity index (χ4n) is 2.72. The quantitative estimate of drug-likeness (QED) is 0.510. The molecule has 0 aromatic heterocycles. The molecule has 0 aliphatic carbocycles. The van der Waals surface area contributed by atoms with E-state index in [9.17, 15) is 15.0 Å². The molecule has 0 radical (unpaired) electrons. The van der Waals surface area contributed by atoms with Crippen molar-refractivity contribution in [3.63, 3.8) is 0 Å². The zero-order chi connectivity index (χ0) is 18.0. The van der Waals surface area contributed by atoms with E-state index in [0.717, 1.165) is 5.56 Å². The summed E-state index contributed by atoms with van der Waals surface area (Å²) in [5, 5.41) is 19.2. The monoisotopic (exact) mass is 468 g/mol. The van der Waals surface area contributed by atoms with Crippen LogP contribution in [0.15, 0.2) is 64.6 Å². The number of aliphatic carboxylic acids is 1. The van der Waals surface area contributed by atoms with Crippen LogP contribution in [0.5, 0.6) is 5.75 Å². The molecule has 128 valence electrons. The molecule has 25 heavy (non-hydrogen) atoms. The first-order valence-electron chi connectivity index (χ1n) is 7.47. The summed E-state index contributed by atoms with van der Waals surface area (Å²) in [4.78, 5) is 20.4. The Morgan fingerprint density at radius 1 is 1.20 bits per heavy atom. The van der Waals surface area contributed by atoms with Crippen molar-refractivity contribution < 1.29 is 15.0 Å². The SMILES string of the molecule is O=C(O)CC1(C(I)c2ccccc2)N=C(c2cccc(O)c2)N=C1Cl. The summed E-state index contributed by atoms with van der Waals surface area (Å²) < 4.78 is -0.312. The van der Waals surface area contributed by atoms with E-state index in [2.05, 4.69) is 32.6 Å². The molecule has 1 aliphatic heterocycles. The van der Waals surface area contributed by atoms with E-state index >= 15 is 0 Å². The molecule has 5 nitrogen and oxygen atoms in total. The number of carboxylic acid groups (broad SMARTS) is 1. The smallest absolute Gasteiger partial charge is 0.306 e. The first-order chi connectivity index (χ1) is 11.9. The average molecular weight is 469 g/mol. The lowest BCUT2D eigenvalue weighted by atomic mass is 9.89. The fourth-order valence-corrected chi connectivity index (χ4v) is 4.27. The molecule has 2 aromatic rings. The first kappa shape index (κ1) is 17.9. The number of amidine groups is 1. The number of aliphatic imine (C=N–C) groups is 2. The summed E-state index contributed by atoms with van der Waals surface area (Å²) in [7, 11) is 0. The van der Waals surface area contributed by atoms with Crippen LogP contribution < -0.4 is 0 Å². The Kier molecular flexibility index (Phi) is 5.10. The maximum Gasteiger partial charge on any atom is 0.306 e. The van der Waals surface area contributed by atoms with E-state index in [4.69, 9.17) is 11.6 Å². The Balaban J connectivity index is 2.10. The summed E-state index contributed by atoms with van der Waals surface area (Å²) in [6.07, 6.45) is -0.278. The Hall–Kier alpha value is -1.93. The zero-order valence-electron chi connectivity index (χ0n) is 12.9. The van der Waals surface area contributed by atoms with Crippen LogP contribution in [0.4, 0.5) is 0 Å². The van der Waals surface area contributed by atoms with Crippen LogP contribution in [0.25, 0.3) is 0 Å². The molecule has 2 atom stereocenters. The minimum absolute atomic E-state index is 0.0799. The van der Waals surface area contributed by atoms with Crippen molar-refractivity contribution in [1.82, 2.24) is 0 Å². The summed E-state index contributed by atoms with van der Waals surface area (Å²) in [5.74, 6) is -0.608. The van der Waals surface area contributed by atoms with Gasteiger partial charge in [0.05, 0.1) is 10.3 Å². The Labute approximate surface area is 163 Å². The standard InChI is InChI=1S/C18H14ClIN2O3/c19-17-18(10-14(24)25,15(20)11-5-2-1-3-6-11)22-16(21-17)12-7-4-8-13(23)9-12/h1-9,15,23H,10H2,(H,24,25). The highest BCUT2D eigenvalue weighted by molar-refractivity contribution is 14.1. The number of alkyl halides is 1. The number of phenolic OH excluding ortho intramolecular Hbond substituents is 1. The van der Waals surface area contributed by atoms with Crippen molar-refractivity contribution in [3.05, 3.63) is 65.7 Å². The lowest BCUT2D eigenvalue weighted by molar-refractivity contribution is -0.137. The Morgan fingerprint density at radius 3 is 2.56 bits per heavy atom. The highest BCUT2D eigenvalue weighted by Crippen LogP contribution is 2.45. The van der Waals surface area contributed by atoms with Gasteiger partial charge in [-0.1, -0.05) is 76.7 Å². The highest BCUT2D eigenvalue weighted by atomic mass is 127. The minimum atomic E-state index is -1.18. The van der Waals surface area contributed by atoms with Crippen LogP contribution in [0.1, 0.15) is 21.5 Å². The number of carboxylic acids is 1. The maximum absolute atomic E-state index is 11.5. The number of rotatable bonds is 5. The van der Waals surface area contributed by atoms with E-state index in [1.807, 2.05) is 30.3 Å². The molecule has 7 heteroatoms. The van der Waals surface area contributed by atoms with Crippen LogP contribution in [-0.2, 0) is 4.79 Å². The number of benzene rings is 2. The molecule has 0 bridgehead atoms. The van der Waals surface area contributed by atoms with Crippen molar-refractivity contribution in [2.24, 2.45) is 9.98 Å². The van der Waals surface area contributed by atoms with Crippen molar-refractivity contribution in [1.29, 1.82) is 0 Å². The number of phenols is 1. The van der Waals surface area contributed by atoms with Gasteiger partial charge in [0.25, 0.3) is 0 Å². The van der Waals surface area contributed by atoms with Gasteiger partial charge in [-0.2, -0.15) is 0 Å². The average Bonchev–Trinajstić information content (AvgIpc) is 2.92. The van der Waals surface area contributed by atoms with E-state index in [-0.39, 0.29) is 21.3 Å². The third-order valence-corrected chi connectivity index (χ3v) is 6.06. The summed E-state index contributed by atoms with van der Waals surface area (Å²) in [5.41, 5.74) is 0.316. The summed E-state index contributed by atoms with van der Waals surface area (Å²) in [6, 6.07) is 16.0. The fraction of sp³-hybridized carbons (Fsp3) is 0.167. The molecule has 3 rings (SSSR count). The lowest BCUT2D eigenvalue weighted by Crippen LogP contribution is -2.38. The molecule has 0 saturated carbocycles. The van der Waals surface area contributed by atoms with Gasteiger partial charge in [-0.3, -0.25) is 4.79 Å². The molecular weight excluding hydrogens is 455 g/mol. The van der Waals surface area contributed by atoms with Crippen molar-refractivity contribution >= 4 is 51.2 Å². The largest absolute Gasteiger partial charge is 0.508 e. The molecule has 0 saturated heterocycles. The van der Waals surface area contributed by atoms with Crippen LogP contribution in [0.3, 0.4) is 0 Å². The number of nitrogens with zero attached hydrogens (tertiary/aromatic N) is 2. The molecule has 0 amide bonds. The van der Waals surface area contributed by atoms with Gasteiger partial charge in [-0.15, -0.1) is 0 Å². The van der Waals surface area contributed by atoms with E-state index in [1.54, 1.807) is 18.2 Å². The summed E-state index contributed by atoms with van der Waals surface area (Å²) >= 11 is 8.57. The maximum atomic E-state index is 11.5. The number of halogens is 2. The van der Waals surface area contributed by atoms with Crippen molar-refractivity contribution in [3.8, 4) is 5.75 Å². The third kappa shape index (κ3) is 3.55. The van der Waals surface area contributed by atoms with Crippen LogP contribution in [0.2, 0.25) is 0 Å². The number of carbonyl (C=O) groups is 1. The van der Waals surface area contributed by atoms with Crippen molar-refractivity contribution in [2.45, 2.75) is 15.9 Å². The number of aromatic hydroxyl groups is 1. The Bertz CT molecular complexity index is 870. The topological polar surface area (TPSA) is 82.2 Å². The van der Waals surface area contributed by atoms with E-state index in [1.165, 1.54) is 6.07 Å². The lowest BCUT2D eigenvalue weighted by Gasteiger charge is -2.29. The first-order valence-corrected chi connectivity index (χ1v) is 9.09. The normalized spacial score (nSPS) is 20.7. The van der Waals surface area contributed by atoms with Crippen LogP contribution in [0, 0.1) is 0 Å². The van der Waals surface area contributed by atoms with Gasteiger partial charge in [0.15, 0.2) is 5.84 Å². The predicted octanol–water partition coefficient (Wildman–Crippen LogP) is 4.18. The van der Waals surface area contributed by atoms with Gasteiger partial charge < -0.3 is 10.2 Å². The molecular formula is C18H14ClIN2O3. The zero-order valence-corrected chi connectivity index (χ0v) is 15.8. The number of hydrogen-bond acceptors (Lipinski definition) is 4. The second-order valence-electron chi connectivity index (χ2n) is 5.66. The van der Waals surface area contributed by atoms with Gasteiger partial charge >= 0.3 is 5.97 Å². The van der Waals surface area contributed by atoms with Gasteiger partial charge in [0, 0.05) is 5.56 Å². The number of hydrogen-bond donors (Lipinski definition) is 2. The van der Waals surface area contributed by atoms with Crippen LogP contribution >= 0.6 is 34.2 Å². The molecule has 2 unspecified atom stereocenters. The minimum Gasteiger partial charge on any atom is -0.508 e. The third-order valence-electron chi connectivity index (χ3n) is 3.90. The highest BCUT2D eigenvalue weighted by Gasteiger charge is 2.48. The van der Waals surface area contributed by atoms with Gasteiger partial charge in [-0.05, 0) is 17.7 Å². The molecule has 0 spiro atoms. The van der Waals surface area contributed by atoms with Crippen LogP contribution in [-0.4, -0.2) is 32.7 Å². The Morgan fingerprint density at radius 2 is 1.92 bits per heavy atom. The molecule has 0 fully saturated rings. The molecule has 2 aromatic carbocycles. The van der Waals surface area contributed by atoms with Gasteiger partial charge in [0.1, 0.15) is 16.5 Å². The van der Waals surface area contributed by atoms with Gasteiger partial charge in [0.2, 0.25) is 0 Å². The molecule has 1 aliphatic rings. The molecule has 1 heterocycles. The van der Waals surface area contributed by atoms with E-state index < -0.39 is 11.5 Å². The predicted molar refractivity (Wildman–Crippen MR) is 106 cm³/mol. The van der Waals surface area contributed by atoms with Crippen molar-refractivity contribution in [2.75, 3.05) is 0 Å². The molecule has 2 N–H and O–H groups in total. The van der Waals surface area contributed by atoms with Gasteiger partial charge in [-0.25, -0.2) is 9.98 Å². The second-order valence-corrected chi connectivity index (χ2v) is 7.26. The summed E-state index contributed by atoms with van der Waals surface area (Å²) in [6.45, 7) is 0. The second kappa shape index (κ2) is 7.13.